The zero-order chi connectivity index (χ0) is 13.2. The lowest BCUT2D eigenvalue weighted by Crippen LogP contribution is -2.22. The SMILES string of the molecule is CCCCCCNCCOc1ccc(F)cc1Br. The van der Waals surface area contributed by atoms with Gasteiger partial charge in [0.15, 0.2) is 0 Å². The Balaban J connectivity index is 2.07. The fourth-order valence-electron chi connectivity index (χ4n) is 1.63. The number of unbranched alkanes of at least 4 members (excludes halogenated alkanes) is 3. The molecule has 0 heterocycles. The lowest BCUT2D eigenvalue weighted by atomic mass is 10.2. The van der Waals surface area contributed by atoms with Crippen molar-refractivity contribution in [1.82, 2.24) is 5.32 Å². The highest BCUT2D eigenvalue weighted by Gasteiger charge is 2.01. The van der Waals surface area contributed by atoms with Crippen LogP contribution in [0, 0.1) is 5.82 Å². The van der Waals surface area contributed by atoms with Crippen LogP contribution in [0.1, 0.15) is 32.6 Å². The van der Waals surface area contributed by atoms with E-state index in [1.54, 1.807) is 6.07 Å². The van der Waals surface area contributed by atoms with Gasteiger partial charge in [-0.05, 0) is 47.1 Å². The standard InChI is InChI=1S/C14H21BrFNO/c1-2-3-4-5-8-17-9-10-18-14-7-6-12(16)11-13(14)15/h6-7,11,17H,2-5,8-10H2,1H3. The number of ether oxygens (including phenoxy) is 1. The molecule has 0 atom stereocenters. The Hall–Kier alpha value is -0.610. The van der Waals surface area contributed by atoms with E-state index in [2.05, 4.69) is 28.2 Å². The number of rotatable bonds is 9. The number of hydrogen-bond acceptors (Lipinski definition) is 2. The predicted molar refractivity (Wildman–Crippen MR) is 76.6 cm³/mol. The molecule has 1 N–H and O–H groups in total. The van der Waals surface area contributed by atoms with Gasteiger partial charge in [0.25, 0.3) is 0 Å². The fraction of sp³-hybridized carbons (Fsp3) is 0.571. The van der Waals surface area contributed by atoms with E-state index in [1.165, 1.54) is 37.8 Å². The Morgan fingerprint density at radius 2 is 2.06 bits per heavy atom. The van der Waals surface area contributed by atoms with Gasteiger partial charge in [0.05, 0.1) is 4.47 Å². The topological polar surface area (TPSA) is 21.3 Å². The molecule has 0 bridgehead atoms. The lowest BCUT2D eigenvalue weighted by molar-refractivity contribution is 0.311. The number of benzene rings is 1. The first-order chi connectivity index (χ1) is 8.74. The molecule has 102 valence electrons. The second-order valence-electron chi connectivity index (χ2n) is 4.23. The number of halogens is 2. The summed E-state index contributed by atoms with van der Waals surface area (Å²) in [6.45, 7) is 4.66. The average Bonchev–Trinajstić information content (AvgIpc) is 2.35. The summed E-state index contributed by atoms with van der Waals surface area (Å²) in [4.78, 5) is 0. The summed E-state index contributed by atoms with van der Waals surface area (Å²) in [5.74, 6) is 0.424. The largest absolute Gasteiger partial charge is 0.491 e. The second kappa shape index (κ2) is 9.34. The maximum absolute atomic E-state index is 12.8. The Kier molecular flexibility index (Phi) is 8.01. The van der Waals surface area contributed by atoms with Gasteiger partial charge in [-0.1, -0.05) is 26.2 Å². The van der Waals surface area contributed by atoms with E-state index in [1.807, 2.05) is 0 Å². The van der Waals surface area contributed by atoms with Gasteiger partial charge in [0.1, 0.15) is 18.2 Å². The first-order valence-electron chi connectivity index (χ1n) is 6.52. The van der Waals surface area contributed by atoms with Crippen LogP contribution in [0.3, 0.4) is 0 Å². The van der Waals surface area contributed by atoms with Crippen molar-refractivity contribution in [3.8, 4) is 5.75 Å². The van der Waals surface area contributed by atoms with Gasteiger partial charge in [-0.3, -0.25) is 0 Å². The first kappa shape index (κ1) is 15.4. The smallest absolute Gasteiger partial charge is 0.133 e. The van der Waals surface area contributed by atoms with Crippen LogP contribution < -0.4 is 10.1 Å². The third-order valence-corrected chi connectivity index (χ3v) is 3.26. The molecular weight excluding hydrogens is 297 g/mol. The number of nitrogens with one attached hydrogen (secondary N) is 1. The first-order valence-corrected chi connectivity index (χ1v) is 7.32. The maximum Gasteiger partial charge on any atom is 0.133 e. The summed E-state index contributed by atoms with van der Waals surface area (Å²) in [5.41, 5.74) is 0. The fourth-order valence-corrected chi connectivity index (χ4v) is 2.09. The van der Waals surface area contributed by atoms with Crippen LogP contribution in [-0.4, -0.2) is 19.7 Å². The van der Waals surface area contributed by atoms with E-state index >= 15 is 0 Å². The molecule has 0 aromatic heterocycles. The quantitative estimate of drug-likeness (QED) is 0.691. The van der Waals surface area contributed by atoms with E-state index in [-0.39, 0.29) is 5.82 Å². The highest BCUT2D eigenvalue weighted by atomic mass is 79.9. The van der Waals surface area contributed by atoms with Crippen molar-refractivity contribution in [2.24, 2.45) is 0 Å². The van der Waals surface area contributed by atoms with Crippen molar-refractivity contribution in [3.63, 3.8) is 0 Å². The van der Waals surface area contributed by atoms with E-state index < -0.39 is 0 Å². The molecule has 0 unspecified atom stereocenters. The van der Waals surface area contributed by atoms with Crippen LogP contribution in [0.15, 0.2) is 22.7 Å². The number of hydrogen-bond donors (Lipinski definition) is 1. The van der Waals surface area contributed by atoms with Gasteiger partial charge in [0.2, 0.25) is 0 Å². The molecule has 1 rings (SSSR count). The summed E-state index contributed by atoms with van der Waals surface area (Å²) in [5, 5.41) is 3.33. The van der Waals surface area contributed by atoms with Crippen molar-refractivity contribution in [3.05, 3.63) is 28.5 Å². The van der Waals surface area contributed by atoms with Crippen molar-refractivity contribution in [2.75, 3.05) is 19.7 Å². The minimum absolute atomic E-state index is 0.261. The zero-order valence-electron chi connectivity index (χ0n) is 10.8. The molecule has 4 heteroatoms. The van der Waals surface area contributed by atoms with E-state index in [4.69, 9.17) is 4.74 Å². The van der Waals surface area contributed by atoms with Crippen LogP contribution in [0.2, 0.25) is 0 Å². The molecule has 0 saturated heterocycles. The molecule has 0 amide bonds. The Morgan fingerprint density at radius 3 is 2.78 bits per heavy atom. The predicted octanol–water partition coefficient (Wildman–Crippen LogP) is 4.14. The van der Waals surface area contributed by atoms with Crippen molar-refractivity contribution >= 4 is 15.9 Å². The molecule has 1 aromatic rings. The molecule has 1 aromatic carbocycles. The van der Waals surface area contributed by atoms with Gasteiger partial charge >= 0.3 is 0 Å². The minimum Gasteiger partial charge on any atom is -0.491 e. The van der Waals surface area contributed by atoms with Gasteiger partial charge in [-0.25, -0.2) is 4.39 Å². The highest BCUT2D eigenvalue weighted by molar-refractivity contribution is 9.10. The van der Waals surface area contributed by atoms with Gasteiger partial charge in [-0.15, -0.1) is 0 Å². The van der Waals surface area contributed by atoms with Crippen LogP contribution in [0.5, 0.6) is 5.75 Å². The van der Waals surface area contributed by atoms with Gasteiger partial charge in [-0.2, -0.15) is 0 Å². The third kappa shape index (κ3) is 6.36. The normalized spacial score (nSPS) is 10.6. The minimum atomic E-state index is -0.261. The molecule has 2 nitrogen and oxygen atoms in total. The molecule has 0 spiro atoms. The van der Waals surface area contributed by atoms with Crippen molar-refractivity contribution in [2.45, 2.75) is 32.6 Å². The zero-order valence-corrected chi connectivity index (χ0v) is 12.4. The van der Waals surface area contributed by atoms with E-state index in [0.29, 0.717) is 16.8 Å². The maximum atomic E-state index is 12.8. The molecule has 0 fully saturated rings. The Bertz CT molecular complexity index is 347. The van der Waals surface area contributed by atoms with Crippen LogP contribution in [0.4, 0.5) is 4.39 Å². The van der Waals surface area contributed by atoms with Gasteiger partial charge in [0, 0.05) is 6.54 Å². The average molecular weight is 318 g/mol. The Morgan fingerprint density at radius 1 is 1.22 bits per heavy atom. The van der Waals surface area contributed by atoms with E-state index in [0.717, 1.165) is 13.1 Å². The molecular formula is C14H21BrFNO. The van der Waals surface area contributed by atoms with E-state index in [9.17, 15) is 4.39 Å². The monoisotopic (exact) mass is 317 g/mol. The third-order valence-electron chi connectivity index (χ3n) is 2.64. The molecule has 0 aliphatic carbocycles. The summed E-state index contributed by atoms with van der Waals surface area (Å²) in [6, 6.07) is 4.45. The van der Waals surface area contributed by atoms with Crippen LogP contribution in [0.25, 0.3) is 0 Å². The van der Waals surface area contributed by atoms with Crippen LogP contribution in [-0.2, 0) is 0 Å². The molecule has 0 saturated carbocycles. The van der Waals surface area contributed by atoms with Crippen molar-refractivity contribution < 1.29 is 9.13 Å². The highest BCUT2D eigenvalue weighted by Crippen LogP contribution is 2.25. The van der Waals surface area contributed by atoms with Gasteiger partial charge < -0.3 is 10.1 Å². The second-order valence-corrected chi connectivity index (χ2v) is 5.09. The Labute approximate surface area is 117 Å². The summed E-state index contributed by atoms with van der Waals surface area (Å²) in [6.07, 6.45) is 5.07. The molecule has 0 aliphatic rings. The van der Waals surface area contributed by atoms with Crippen LogP contribution >= 0.6 is 15.9 Å². The summed E-state index contributed by atoms with van der Waals surface area (Å²) >= 11 is 3.27. The van der Waals surface area contributed by atoms with Crippen molar-refractivity contribution in [1.29, 1.82) is 0 Å². The molecule has 18 heavy (non-hydrogen) atoms. The lowest BCUT2D eigenvalue weighted by Gasteiger charge is -2.09. The molecule has 0 aliphatic heterocycles. The summed E-state index contributed by atoms with van der Waals surface area (Å²) < 4.78 is 19.0. The summed E-state index contributed by atoms with van der Waals surface area (Å²) in [7, 11) is 0. The molecule has 0 radical (unpaired) electrons.